The summed E-state index contributed by atoms with van der Waals surface area (Å²) in [4.78, 5) is 3.20. The van der Waals surface area contributed by atoms with Gasteiger partial charge in [0, 0.05) is 11.5 Å². The van der Waals surface area contributed by atoms with Crippen LogP contribution in [0.15, 0.2) is 36.4 Å². The number of benzene rings is 2. The Morgan fingerprint density at radius 2 is 1.73 bits per heavy atom. The van der Waals surface area contributed by atoms with E-state index < -0.39 is 11.6 Å². The van der Waals surface area contributed by atoms with Crippen LogP contribution >= 0.6 is 0 Å². The average molecular weight is 356 g/mol. The van der Waals surface area contributed by atoms with Gasteiger partial charge in [-0.15, -0.1) is 0 Å². The maximum atomic E-state index is 14.3. The van der Waals surface area contributed by atoms with Gasteiger partial charge in [-0.2, -0.15) is 0 Å². The number of nitrogens with two attached hydrogens (primary N) is 1. The molecule has 2 aromatic carbocycles. The largest absolute Gasteiger partial charge is 0.352 e. The Morgan fingerprint density at radius 3 is 2.35 bits per heavy atom. The Labute approximate surface area is 153 Å². The van der Waals surface area contributed by atoms with Gasteiger partial charge in [-0.05, 0) is 55.3 Å². The van der Waals surface area contributed by atoms with Gasteiger partial charge < -0.3 is 10.7 Å². The van der Waals surface area contributed by atoms with E-state index in [9.17, 15) is 8.78 Å². The van der Waals surface area contributed by atoms with Gasteiger partial charge in [0.05, 0.1) is 11.2 Å². The quantitative estimate of drug-likeness (QED) is 0.603. The molecule has 1 fully saturated rings. The Bertz CT molecular complexity index is 891. The van der Waals surface area contributed by atoms with Crippen LogP contribution in [0.4, 0.5) is 8.78 Å². The molecule has 0 radical (unpaired) electrons. The van der Waals surface area contributed by atoms with Crippen molar-refractivity contribution < 1.29 is 8.78 Å². The molecule has 4 heteroatoms. The number of aromatic amines is 1. The zero-order chi connectivity index (χ0) is 18.8. The zero-order valence-electron chi connectivity index (χ0n) is 15.6. The van der Waals surface area contributed by atoms with Crippen LogP contribution in [0.5, 0.6) is 0 Å². The van der Waals surface area contributed by atoms with E-state index in [2.05, 4.69) is 4.98 Å². The van der Waals surface area contributed by atoms with Crippen LogP contribution in [-0.2, 0) is 0 Å². The molecule has 0 aliphatic heterocycles. The van der Waals surface area contributed by atoms with Crippen LogP contribution in [0, 0.1) is 24.5 Å². The first-order valence-corrected chi connectivity index (χ1v) is 9.34. The third-order valence-electron chi connectivity index (χ3n) is 5.18. The molecule has 1 aromatic heterocycles. The third-order valence-corrected chi connectivity index (χ3v) is 5.18. The number of aromatic nitrogens is 1. The summed E-state index contributed by atoms with van der Waals surface area (Å²) in [5.41, 5.74) is 10.2. The number of fused-ring (bicyclic) bond motifs is 1. The van der Waals surface area contributed by atoms with Crippen molar-refractivity contribution in [1.29, 1.82) is 0 Å². The molecule has 0 unspecified atom stereocenters. The second kappa shape index (κ2) is 7.58. The molecule has 3 aromatic rings. The van der Waals surface area contributed by atoms with Crippen molar-refractivity contribution in [2.24, 2.45) is 11.7 Å². The normalized spacial score (nSPS) is 19.0. The van der Waals surface area contributed by atoms with Gasteiger partial charge in [0.2, 0.25) is 0 Å². The minimum absolute atomic E-state index is 0.296. The summed E-state index contributed by atoms with van der Waals surface area (Å²) in [6.07, 6.45) is 1.95. The molecule has 0 amide bonds. The summed E-state index contributed by atoms with van der Waals surface area (Å²) in [7, 11) is 0. The number of aryl methyl sites for hydroxylation is 1. The smallest absolute Gasteiger partial charge is 0.150 e. The standard InChI is InChI=1S/C20H20F2N2.C2H6/c1-11-2-4-13(5-3-11)19-18(14-6-12(7-14)10-23)16-8-15(21)9-17(22)20(16)24-19;1-2/h2-5,8-9,12,14,24H,6-7,10,23H2,1H3;1-2H3. The predicted octanol–water partition coefficient (Wildman–Crippen LogP) is 5.90. The van der Waals surface area contributed by atoms with E-state index in [-0.39, 0.29) is 0 Å². The molecule has 2 nitrogen and oxygen atoms in total. The Hall–Kier alpha value is -2.20. The lowest BCUT2D eigenvalue weighted by atomic mass is 9.70. The summed E-state index contributed by atoms with van der Waals surface area (Å²) in [5.74, 6) is -0.279. The fourth-order valence-corrected chi connectivity index (χ4v) is 3.78. The highest BCUT2D eigenvalue weighted by Gasteiger charge is 2.33. The summed E-state index contributed by atoms with van der Waals surface area (Å²) < 4.78 is 28.1. The Kier molecular flexibility index (Phi) is 5.42. The number of hydrogen-bond donors (Lipinski definition) is 2. The third kappa shape index (κ3) is 3.26. The maximum absolute atomic E-state index is 14.3. The summed E-state index contributed by atoms with van der Waals surface area (Å²) in [5, 5.41) is 0.656. The molecule has 3 N–H and O–H groups in total. The second-order valence-electron chi connectivity index (χ2n) is 6.86. The SMILES string of the molecule is CC.Cc1ccc(-c2[nH]c3c(F)cc(F)cc3c2C2CC(CN)C2)cc1. The van der Waals surface area contributed by atoms with E-state index in [1.165, 1.54) is 11.6 Å². The molecule has 1 saturated carbocycles. The highest BCUT2D eigenvalue weighted by atomic mass is 19.1. The van der Waals surface area contributed by atoms with Gasteiger partial charge in [0.25, 0.3) is 0 Å². The molecule has 0 spiro atoms. The van der Waals surface area contributed by atoms with E-state index in [0.717, 1.165) is 35.7 Å². The second-order valence-corrected chi connectivity index (χ2v) is 6.86. The number of nitrogens with one attached hydrogen (secondary N) is 1. The molecule has 1 aliphatic carbocycles. The molecule has 1 aliphatic rings. The summed E-state index contributed by atoms with van der Waals surface area (Å²) >= 11 is 0. The van der Waals surface area contributed by atoms with E-state index >= 15 is 0 Å². The zero-order valence-corrected chi connectivity index (χ0v) is 15.6. The lowest BCUT2D eigenvalue weighted by Gasteiger charge is -2.35. The minimum atomic E-state index is -0.542. The maximum Gasteiger partial charge on any atom is 0.150 e. The molecule has 26 heavy (non-hydrogen) atoms. The van der Waals surface area contributed by atoms with Crippen molar-refractivity contribution in [2.75, 3.05) is 6.54 Å². The minimum Gasteiger partial charge on any atom is -0.352 e. The molecule has 0 atom stereocenters. The number of halogens is 2. The molecular weight excluding hydrogens is 330 g/mol. The molecule has 4 rings (SSSR count). The van der Waals surface area contributed by atoms with Crippen LogP contribution in [-0.4, -0.2) is 11.5 Å². The van der Waals surface area contributed by atoms with Crippen molar-refractivity contribution in [3.05, 3.63) is 59.2 Å². The number of rotatable bonds is 3. The summed E-state index contributed by atoms with van der Waals surface area (Å²) in [6, 6.07) is 10.5. The van der Waals surface area contributed by atoms with Gasteiger partial charge in [-0.25, -0.2) is 8.78 Å². The van der Waals surface area contributed by atoms with E-state index in [4.69, 9.17) is 5.73 Å². The average Bonchev–Trinajstić information content (AvgIpc) is 2.96. The molecule has 0 bridgehead atoms. The first-order valence-electron chi connectivity index (χ1n) is 9.34. The topological polar surface area (TPSA) is 41.8 Å². The van der Waals surface area contributed by atoms with Crippen molar-refractivity contribution in [3.8, 4) is 11.3 Å². The number of H-pyrrole nitrogens is 1. The lowest BCUT2D eigenvalue weighted by molar-refractivity contribution is 0.274. The van der Waals surface area contributed by atoms with Gasteiger partial charge in [-0.1, -0.05) is 43.7 Å². The first-order chi connectivity index (χ1) is 12.6. The molecule has 1 heterocycles. The van der Waals surface area contributed by atoms with Crippen molar-refractivity contribution in [2.45, 2.75) is 39.5 Å². The van der Waals surface area contributed by atoms with Crippen LogP contribution in [0.3, 0.4) is 0 Å². The fraction of sp³-hybridized carbons (Fsp3) is 0.364. The van der Waals surface area contributed by atoms with Crippen LogP contribution in [0.1, 0.15) is 43.7 Å². The Morgan fingerprint density at radius 1 is 1.08 bits per heavy atom. The van der Waals surface area contributed by atoms with Gasteiger partial charge >= 0.3 is 0 Å². The van der Waals surface area contributed by atoms with Crippen molar-refractivity contribution >= 4 is 10.9 Å². The van der Waals surface area contributed by atoms with Crippen molar-refractivity contribution in [3.63, 3.8) is 0 Å². The van der Waals surface area contributed by atoms with Gasteiger partial charge in [0.15, 0.2) is 0 Å². The van der Waals surface area contributed by atoms with Crippen LogP contribution in [0.25, 0.3) is 22.2 Å². The molecular formula is C22H26F2N2. The van der Waals surface area contributed by atoms with Crippen LogP contribution < -0.4 is 5.73 Å². The van der Waals surface area contributed by atoms with Gasteiger partial charge in [-0.3, -0.25) is 0 Å². The summed E-state index contributed by atoms with van der Waals surface area (Å²) in [6.45, 7) is 6.70. The van der Waals surface area contributed by atoms with Crippen LogP contribution in [0.2, 0.25) is 0 Å². The lowest BCUT2D eigenvalue weighted by Crippen LogP contribution is -2.28. The Balaban J connectivity index is 0.000000948. The number of hydrogen-bond acceptors (Lipinski definition) is 1. The van der Waals surface area contributed by atoms with Gasteiger partial charge in [0.1, 0.15) is 11.6 Å². The van der Waals surface area contributed by atoms with E-state index in [1.54, 1.807) is 0 Å². The fourth-order valence-electron chi connectivity index (χ4n) is 3.78. The highest BCUT2D eigenvalue weighted by molar-refractivity contribution is 5.92. The predicted molar refractivity (Wildman–Crippen MR) is 104 cm³/mol. The van der Waals surface area contributed by atoms with E-state index in [0.29, 0.717) is 29.3 Å². The van der Waals surface area contributed by atoms with Crippen molar-refractivity contribution in [1.82, 2.24) is 4.98 Å². The molecule has 0 saturated heterocycles. The highest BCUT2D eigenvalue weighted by Crippen LogP contribution is 2.47. The molecule has 138 valence electrons. The first kappa shape index (κ1) is 18.6. The van der Waals surface area contributed by atoms with E-state index in [1.807, 2.05) is 45.0 Å². The monoisotopic (exact) mass is 356 g/mol.